The van der Waals surface area contributed by atoms with E-state index >= 15 is 0 Å². The minimum atomic E-state index is 0.0241. The van der Waals surface area contributed by atoms with Gasteiger partial charge in [-0.05, 0) is 33.3 Å². The number of imidazole rings is 1. The molecule has 2 aromatic rings. The first-order valence-corrected chi connectivity index (χ1v) is 7.43. The van der Waals surface area contributed by atoms with Gasteiger partial charge in [-0.3, -0.25) is 9.48 Å². The fraction of sp³-hybridized carbons (Fsp3) is 0.533. The van der Waals surface area contributed by atoms with Gasteiger partial charge in [0.25, 0.3) is 5.91 Å². The van der Waals surface area contributed by atoms with Gasteiger partial charge >= 0.3 is 0 Å². The summed E-state index contributed by atoms with van der Waals surface area (Å²) in [7, 11) is 0. The Morgan fingerprint density at radius 3 is 2.90 bits per heavy atom. The van der Waals surface area contributed by atoms with Gasteiger partial charge in [0.1, 0.15) is 5.82 Å². The predicted octanol–water partition coefficient (Wildman–Crippen LogP) is 1.87. The molecule has 2 aromatic heterocycles. The van der Waals surface area contributed by atoms with Crippen molar-refractivity contribution in [3.63, 3.8) is 0 Å². The first-order valence-electron chi connectivity index (χ1n) is 7.43. The van der Waals surface area contributed by atoms with Crippen molar-refractivity contribution in [1.82, 2.24) is 24.6 Å². The van der Waals surface area contributed by atoms with Crippen LogP contribution in [0.3, 0.4) is 0 Å². The van der Waals surface area contributed by atoms with Gasteiger partial charge in [0, 0.05) is 43.1 Å². The molecule has 3 heterocycles. The molecular weight excluding hydrogens is 266 g/mol. The average molecular weight is 287 g/mol. The van der Waals surface area contributed by atoms with Gasteiger partial charge in [-0.15, -0.1) is 0 Å². The van der Waals surface area contributed by atoms with Crippen LogP contribution in [0.4, 0.5) is 0 Å². The highest BCUT2D eigenvalue weighted by Crippen LogP contribution is 2.26. The van der Waals surface area contributed by atoms with E-state index in [4.69, 9.17) is 0 Å². The number of aromatic nitrogens is 4. The molecule has 1 saturated heterocycles. The summed E-state index contributed by atoms with van der Waals surface area (Å²) in [4.78, 5) is 22.1. The highest BCUT2D eigenvalue weighted by molar-refractivity contribution is 5.92. The lowest BCUT2D eigenvalue weighted by molar-refractivity contribution is 0.0784. The highest BCUT2D eigenvalue weighted by atomic mass is 16.2. The van der Waals surface area contributed by atoms with Crippen molar-refractivity contribution in [3.05, 3.63) is 35.2 Å². The number of carbonyl (C=O) groups excluding carboxylic acids is 1. The maximum absolute atomic E-state index is 12.5. The smallest absolute Gasteiger partial charge is 0.274 e. The lowest BCUT2D eigenvalue weighted by Gasteiger charge is -2.14. The summed E-state index contributed by atoms with van der Waals surface area (Å²) >= 11 is 0. The van der Waals surface area contributed by atoms with Gasteiger partial charge in [-0.1, -0.05) is 0 Å². The fourth-order valence-corrected chi connectivity index (χ4v) is 2.91. The van der Waals surface area contributed by atoms with Gasteiger partial charge in [-0.2, -0.15) is 5.10 Å². The van der Waals surface area contributed by atoms with E-state index in [-0.39, 0.29) is 5.91 Å². The Hall–Kier alpha value is -2.11. The molecule has 1 N–H and O–H groups in total. The Bertz CT molecular complexity index is 657. The van der Waals surface area contributed by atoms with Crippen molar-refractivity contribution < 1.29 is 4.79 Å². The minimum absolute atomic E-state index is 0.0241. The van der Waals surface area contributed by atoms with Crippen LogP contribution in [0.5, 0.6) is 0 Å². The van der Waals surface area contributed by atoms with E-state index in [1.165, 1.54) is 0 Å². The average Bonchev–Trinajstić information content (AvgIpc) is 3.16. The van der Waals surface area contributed by atoms with E-state index in [2.05, 4.69) is 15.1 Å². The van der Waals surface area contributed by atoms with E-state index in [1.54, 1.807) is 0 Å². The number of hydrogen-bond acceptors (Lipinski definition) is 3. The number of aromatic amines is 1. The van der Waals surface area contributed by atoms with Crippen LogP contribution in [-0.4, -0.2) is 43.6 Å². The summed E-state index contributed by atoms with van der Waals surface area (Å²) < 4.78 is 1.86. The number of carbonyl (C=O) groups is 1. The van der Waals surface area contributed by atoms with Gasteiger partial charge in [0.2, 0.25) is 0 Å². The predicted molar refractivity (Wildman–Crippen MR) is 79.2 cm³/mol. The van der Waals surface area contributed by atoms with Gasteiger partial charge in [-0.25, -0.2) is 4.98 Å². The van der Waals surface area contributed by atoms with Crippen LogP contribution in [-0.2, 0) is 6.54 Å². The van der Waals surface area contributed by atoms with Crippen LogP contribution in [0.25, 0.3) is 0 Å². The van der Waals surface area contributed by atoms with E-state index in [0.717, 1.165) is 36.7 Å². The number of aryl methyl sites for hydroxylation is 3. The molecule has 1 aliphatic heterocycles. The van der Waals surface area contributed by atoms with Crippen molar-refractivity contribution in [1.29, 1.82) is 0 Å². The molecule has 0 aliphatic carbocycles. The van der Waals surface area contributed by atoms with Gasteiger partial charge < -0.3 is 9.88 Å². The molecule has 1 atom stereocenters. The monoisotopic (exact) mass is 287 g/mol. The normalized spacial score (nSPS) is 18.4. The zero-order valence-corrected chi connectivity index (χ0v) is 12.8. The maximum atomic E-state index is 12.5. The van der Waals surface area contributed by atoms with Crippen LogP contribution >= 0.6 is 0 Å². The van der Waals surface area contributed by atoms with E-state index in [9.17, 15) is 4.79 Å². The molecule has 0 aromatic carbocycles. The minimum Gasteiger partial charge on any atom is -0.346 e. The van der Waals surface area contributed by atoms with Crippen LogP contribution in [0.1, 0.15) is 47.0 Å². The molecule has 1 fully saturated rings. The maximum Gasteiger partial charge on any atom is 0.274 e. The van der Waals surface area contributed by atoms with Crippen LogP contribution in [0.15, 0.2) is 12.3 Å². The third kappa shape index (κ3) is 2.57. The second kappa shape index (κ2) is 5.35. The number of nitrogens with one attached hydrogen (secondary N) is 1. The molecule has 0 bridgehead atoms. The number of hydrogen-bond donors (Lipinski definition) is 1. The Morgan fingerprint density at radius 2 is 2.29 bits per heavy atom. The molecule has 0 radical (unpaired) electrons. The largest absolute Gasteiger partial charge is 0.346 e. The van der Waals surface area contributed by atoms with Crippen molar-refractivity contribution in [2.24, 2.45) is 0 Å². The molecule has 6 heteroatoms. The Labute approximate surface area is 124 Å². The molecular formula is C15H21N5O. The third-order valence-electron chi connectivity index (χ3n) is 4.08. The van der Waals surface area contributed by atoms with E-state index in [0.29, 0.717) is 18.2 Å². The third-order valence-corrected chi connectivity index (χ3v) is 4.08. The molecule has 112 valence electrons. The summed E-state index contributed by atoms with van der Waals surface area (Å²) in [5.74, 6) is 1.31. The molecule has 3 rings (SSSR count). The Morgan fingerprint density at radius 1 is 1.48 bits per heavy atom. The summed E-state index contributed by atoms with van der Waals surface area (Å²) in [6.07, 6.45) is 2.79. The lowest BCUT2D eigenvalue weighted by Crippen LogP contribution is -2.29. The zero-order chi connectivity index (χ0) is 15.0. The molecule has 6 nitrogen and oxygen atoms in total. The number of rotatable bonds is 3. The SMILES string of the molecule is CCn1nc(C(=O)N2CCC(c3ncc(C)[nH]3)C2)cc1C. The van der Waals surface area contributed by atoms with E-state index < -0.39 is 0 Å². The Balaban J connectivity index is 1.71. The quantitative estimate of drug-likeness (QED) is 0.937. The highest BCUT2D eigenvalue weighted by Gasteiger charge is 2.30. The van der Waals surface area contributed by atoms with Crippen LogP contribution < -0.4 is 0 Å². The topological polar surface area (TPSA) is 66.8 Å². The number of nitrogens with zero attached hydrogens (tertiary/aromatic N) is 4. The lowest BCUT2D eigenvalue weighted by atomic mass is 10.1. The summed E-state index contributed by atoms with van der Waals surface area (Å²) in [5.41, 5.74) is 2.64. The second-order valence-corrected chi connectivity index (χ2v) is 5.67. The van der Waals surface area contributed by atoms with Gasteiger partial charge in [0.15, 0.2) is 5.69 Å². The first kappa shape index (κ1) is 13.9. The number of amides is 1. The molecule has 21 heavy (non-hydrogen) atoms. The fourth-order valence-electron chi connectivity index (χ4n) is 2.91. The second-order valence-electron chi connectivity index (χ2n) is 5.67. The summed E-state index contributed by atoms with van der Waals surface area (Å²) in [5, 5.41) is 4.38. The van der Waals surface area contributed by atoms with Crippen molar-refractivity contribution >= 4 is 5.91 Å². The first-order chi connectivity index (χ1) is 10.1. The molecule has 0 spiro atoms. The molecule has 1 aliphatic rings. The van der Waals surface area contributed by atoms with Crippen LogP contribution in [0.2, 0.25) is 0 Å². The standard InChI is InChI=1S/C15H21N5O/c1-4-20-11(3)7-13(18-20)15(21)19-6-5-12(9-19)14-16-8-10(2)17-14/h7-8,12H,4-6,9H2,1-3H3,(H,16,17). The number of likely N-dealkylation sites (tertiary alicyclic amines) is 1. The summed E-state index contributed by atoms with van der Waals surface area (Å²) in [6.45, 7) is 8.26. The van der Waals surface area contributed by atoms with Gasteiger partial charge in [0.05, 0.1) is 0 Å². The molecule has 1 unspecified atom stereocenters. The number of H-pyrrole nitrogens is 1. The van der Waals surface area contributed by atoms with Crippen molar-refractivity contribution in [3.8, 4) is 0 Å². The zero-order valence-electron chi connectivity index (χ0n) is 12.8. The van der Waals surface area contributed by atoms with Crippen LogP contribution in [0, 0.1) is 13.8 Å². The van der Waals surface area contributed by atoms with E-state index in [1.807, 2.05) is 42.6 Å². The van der Waals surface area contributed by atoms with Crippen molar-refractivity contribution in [2.75, 3.05) is 13.1 Å². The Kier molecular flexibility index (Phi) is 3.53. The molecule has 0 saturated carbocycles. The molecule has 1 amide bonds. The summed E-state index contributed by atoms with van der Waals surface area (Å²) in [6, 6.07) is 1.87. The van der Waals surface area contributed by atoms with Crippen molar-refractivity contribution in [2.45, 2.75) is 39.7 Å².